The summed E-state index contributed by atoms with van der Waals surface area (Å²) < 4.78 is 18.9. The van der Waals surface area contributed by atoms with Gasteiger partial charge in [-0.25, -0.2) is 0 Å². The van der Waals surface area contributed by atoms with Gasteiger partial charge >= 0.3 is 0 Å². The summed E-state index contributed by atoms with van der Waals surface area (Å²) in [6, 6.07) is 18.2. The molecule has 0 spiro atoms. The fourth-order valence-electron chi connectivity index (χ4n) is 3.69. The molecule has 2 aliphatic heterocycles. The molecule has 0 unspecified atom stereocenters. The highest BCUT2D eigenvalue weighted by Crippen LogP contribution is 2.35. The summed E-state index contributed by atoms with van der Waals surface area (Å²) in [5.74, 6) is 2.25. The van der Waals surface area contributed by atoms with E-state index in [1.807, 2.05) is 48.5 Å². The van der Waals surface area contributed by atoms with Crippen LogP contribution in [-0.4, -0.2) is 18.2 Å². The van der Waals surface area contributed by atoms with Gasteiger partial charge in [0, 0.05) is 5.69 Å². The average molecular weight is 712 g/mol. The van der Waals surface area contributed by atoms with E-state index in [0.29, 0.717) is 11.5 Å². The molecule has 3 aromatic rings. The summed E-state index contributed by atoms with van der Waals surface area (Å²) in [4.78, 5) is 13.2. The summed E-state index contributed by atoms with van der Waals surface area (Å²) in [5, 5.41) is 6.36. The highest BCUT2D eigenvalue weighted by atomic mass is 127. The molecule has 9 heteroatoms. The second-order valence-electron chi connectivity index (χ2n) is 7.96. The molecule has 1 amide bonds. The van der Waals surface area contributed by atoms with Gasteiger partial charge in [0.2, 0.25) is 6.79 Å². The minimum absolute atomic E-state index is 0.0779. The van der Waals surface area contributed by atoms with Crippen LogP contribution in [0, 0.1) is 7.14 Å². The van der Waals surface area contributed by atoms with Crippen LogP contribution in [-0.2, 0) is 17.8 Å². The number of thioether (sulfide) groups is 1. The molecule has 0 aromatic heterocycles. The third-order valence-electron chi connectivity index (χ3n) is 5.53. The lowest BCUT2D eigenvalue weighted by atomic mass is 10.1. The van der Waals surface area contributed by atoms with Gasteiger partial charge in [-0.3, -0.25) is 4.79 Å². The number of amides is 1. The Morgan fingerprint density at radius 3 is 2.51 bits per heavy atom. The number of nitrogens with one attached hydrogen (secondary N) is 2. The van der Waals surface area contributed by atoms with E-state index in [-0.39, 0.29) is 18.2 Å². The Morgan fingerprint density at radius 2 is 1.77 bits per heavy atom. The Kier molecular flexibility index (Phi) is 7.63. The third kappa shape index (κ3) is 5.83. The molecule has 6 nitrogen and oxygen atoms in total. The summed E-state index contributed by atoms with van der Waals surface area (Å²) in [6.45, 7) is 2.81. The minimum Gasteiger partial charge on any atom is -0.487 e. The normalized spacial score (nSPS) is 17.5. The Morgan fingerprint density at radius 1 is 1.06 bits per heavy atom. The molecule has 1 atom stereocenters. The van der Waals surface area contributed by atoms with Gasteiger partial charge in [0.05, 0.1) is 12.0 Å². The van der Waals surface area contributed by atoms with Crippen molar-refractivity contribution in [3.8, 4) is 17.2 Å². The molecule has 0 bridgehead atoms. The second kappa shape index (κ2) is 10.9. The Bertz CT molecular complexity index is 1270. The van der Waals surface area contributed by atoms with E-state index in [0.717, 1.165) is 47.6 Å². The van der Waals surface area contributed by atoms with Gasteiger partial charge in [0.1, 0.15) is 12.4 Å². The van der Waals surface area contributed by atoms with Crippen molar-refractivity contribution >= 4 is 74.6 Å². The third-order valence-corrected chi connectivity index (χ3v) is 8.16. The van der Waals surface area contributed by atoms with Crippen molar-refractivity contribution in [1.82, 2.24) is 5.32 Å². The Hall–Kier alpha value is -2.12. The highest BCUT2D eigenvalue weighted by Gasteiger charge is 2.27. The van der Waals surface area contributed by atoms with Crippen LogP contribution in [0.4, 0.5) is 5.69 Å². The van der Waals surface area contributed by atoms with Crippen molar-refractivity contribution in [2.45, 2.75) is 25.4 Å². The van der Waals surface area contributed by atoms with Crippen molar-refractivity contribution in [2.75, 3.05) is 12.1 Å². The number of aryl methyl sites for hydroxylation is 1. The highest BCUT2D eigenvalue weighted by molar-refractivity contribution is 14.1. The molecular formula is C26H22I2N2O4S. The standard InChI is InChI=1S/C26H22I2N2O4S/c1-2-15-3-6-18(7-4-15)29-26-30-25(31)23(35-26)12-17-9-19(27)24(20(28)10-17)32-13-16-5-8-21-22(11-16)34-14-33-21/h3-12,26,29H,2,13-14H2,1H3,(H,30,31)/b23-12-/t26-/m0/s1. The Balaban J connectivity index is 1.25. The van der Waals surface area contributed by atoms with Gasteiger partial charge in [-0.1, -0.05) is 36.9 Å². The van der Waals surface area contributed by atoms with E-state index in [1.54, 1.807) is 0 Å². The lowest BCUT2D eigenvalue weighted by Gasteiger charge is -2.13. The topological polar surface area (TPSA) is 68.8 Å². The van der Waals surface area contributed by atoms with E-state index in [1.165, 1.54) is 17.3 Å². The molecule has 0 radical (unpaired) electrons. The van der Waals surface area contributed by atoms with Crippen molar-refractivity contribution in [3.63, 3.8) is 0 Å². The minimum atomic E-state index is -0.205. The molecule has 2 heterocycles. The van der Waals surface area contributed by atoms with Crippen LogP contribution in [0.3, 0.4) is 0 Å². The largest absolute Gasteiger partial charge is 0.487 e. The van der Waals surface area contributed by atoms with Crippen LogP contribution < -0.4 is 24.8 Å². The van der Waals surface area contributed by atoms with Gasteiger partial charge in [-0.05, 0) is 111 Å². The first-order valence-corrected chi connectivity index (χ1v) is 14.1. The number of carbonyl (C=O) groups is 1. The number of fused-ring (bicyclic) bond motifs is 1. The first-order valence-electron chi connectivity index (χ1n) is 11.0. The molecular weight excluding hydrogens is 690 g/mol. The lowest BCUT2D eigenvalue weighted by molar-refractivity contribution is -0.116. The van der Waals surface area contributed by atoms with Crippen LogP contribution in [0.15, 0.2) is 59.5 Å². The van der Waals surface area contributed by atoms with Crippen LogP contribution >= 0.6 is 56.9 Å². The van der Waals surface area contributed by atoms with Crippen LogP contribution in [0.1, 0.15) is 23.6 Å². The number of hydrogen-bond donors (Lipinski definition) is 2. The molecule has 180 valence electrons. The van der Waals surface area contributed by atoms with Gasteiger partial charge in [-0.2, -0.15) is 0 Å². The van der Waals surface area contributed by atoms with Gasteiger partial charge in [-0.15, -0.1) is 0 Å². The van der Waals surface area contributed by atoms with E-state index in [2.05, 4.69) is 74.9 Å². The van der Waals surface area contributed by atoms with Crippen molar-refractivity contribution in [3.05, 3.63) is 83.3 Å². The number of anilines is 1. The molecule has 3 aromatic carbocycles. The summed E-state index contributed by atoms with van der Waals surface area (Å²) in [5.41, 5.74) is 4.03. The lowest BCUT2D eigenvalue weighted by Crippen LogP contribution is -2.30. The Labute approximate surface area is 235 Å². The van der Waals surface area contributed by atoms with Crippen molar-refractivity contribution in [2.24, 2.45) is 0 Å². The molecule has 1 saturated heterocycles. The summed E-state index contributed by atoms with van der Waals surface area (Å²) in [7, 11) is 0. The molecule has 35 heavy (non-hydrogen) atoms. The maximum absolute atomic E-state index is 12.6. The van der Waals surface area contributed by atoms with E-state index < -0.39 is 0 Å². The van der Waals surface area contributed by atoms with Crippen molar-refractivity contribution < 1.29 is 19.0 Å². The van der Waals surface area contributed by atoms with Gasteiger partial charge < -0.3 is 24.8 Å². The SMILES string of the molecule is CCc1ccc(N[C@H]2NC(=O)/C(=C/c3cc(I)c(OCc4ccc5c(c4)OCO5)c(I)c3)S2)cc1. The number of rotatable bonds is 7. The molecule has 0 saturated carbocycles. The number of ether oxygens (including phenoxy) is 3. The van der Waals surface area contributed by atoms with E-state index in [9.17, 15) is 4.79 Å². The van der Waals surface area contributed by atoms with Crippen LogP contribution in [0.25, 0.3) is 6.08 Å². The van der Waals surface area contributed by atoms with Gasteiger partial charge in [0.15, 0.2) is 17.0 Å². The summed E-state index contributed by atoms with van der Waals surface area (Å²) >= 11 is 6.04. The van der Waals surface area contributed by atoms with E-state index in [4.69, 9.17) is 14.2 Å². The quantitative estimate of drug-likeness (QED) is 0.220. The van der Waals surface area contributed by atoms with Crippen molar-refractivity contribution in [1.29, 1.82) is 0 Å². The molecule has 2 aliphatic rings. The number of carbonyl (C=O) groups excluding carboxylic acids is 1. The zero-order valence-electron chi connectivity index (χ0n) is 18.8. The maximum Gasteiger partial charge on any atom is 0.260 e. The van der Waals surface area contributed by atoms with Crippen LogP contribution in [0.2, 0.25) is 0 Å². The molecule has 1 fully saturated rings. The average Bonchev–Trinajstić information content (AvgIpc) is 3.44. The molecule has 5 rings (SSSR count). The molecule has 0 aliphatic carbocycles. The van der Waals surface area contributed by atoms with Crippen LogP contribution in [0.5, 0.6) is 17.2 Å². The predicted octanol–water partition coefficient (Wildman–Crippen LogP) is 6.37. The summed E-state index contributed by atoms with van der Waals surface area (Å²) in [6.07, 6.45) is 2.93. The number of halogens is 2. The maximum atomic E-state index is 12.6. The first kappa shape index (κ1) is 24.6. The van der Waals surface area contributed by atoms with Gasteiger partial charge in [0.25, 0.3) is 5.91 Å². The van der Waals surface area contributed by atoms with E-state index >= 15 is 0 Å². The fourth-order valence-corrected chi connectivity index (χ4v) is 6.80. The molecule has 2 N–H and O–H groups in total. The monoisotopic (exact) mass is 712 g/mol. The smallest absolute Gasteiger partial charge is 0.260 e. The fraction of sp³-hybridized carbons (Fsp3) is 0.192. The first-order chi connectivity index (χ1) is 17.0. The zero-order chi connectivity index (χ0) is 24.4. The number of benzene rings is 3. The second-order valence-corrected chi connectivity index (χ2v) is 11.4. The predicted molar refractivity (Wildman–Crippen MR) is 156 cm³/mol. The number of hydrogen-bond acceptors (Lipinski definition) is 6. The zero-order valence-corrected chi connectivity index (χ0v) is 23.9.